The Morgan fingerprint density at radius 2 is 1.83 bits per heavy atom. The highest BCUT2D eigenvalue weighted by Gasteiger charge is 2.25. The molecule has 0 aliphatic carbocycles. The topological polar surface area (TPSA) is 88.0 Å². The van der Waals surface area contributed by atoms with E-state index in [1.807, 2.05) is 60.2 Å². The van der Waals surface area contributed by atoms with Crippen LogP contribution < -0.4 is 15.5 Å². The number of rotatable bonds is 6. The van der Waals surface area contributed by atoms with E-state index in [2.05, 4.69) is 38.7 Å². The Kier molecular flexibility index (Phi) is 6.15. The summed E-state index contributed by atoms with van der Waals surface area (Å²) in [4.78, 5) is 24.5. The van der Waals surface area contributed by atoms with Crippen molar-refractivity contribution in [1.29, 1.82) is 0 Å². The highest BCUT2D eigenvalue weighted by atomic mass is 32.1. The van der Waals surface area contributed by atoms with Crippen LogP contribution in [0.3, 0.4) is 0 Å². The van der Waals surface area contributed by atoms with Gasteiger partial charge in [-0.05, 0) is 29.3 Å². The predicted molar refractivity (Wildman–Crippen MR) is 143 cm³/mol. The van der Waals surface area contributed by atoms with E-state index < -0.39 is 6.04 Å². The third kappa shape index (κ3) is 4.58. The molecule has 6 rings (SSSR count). The summed E-state index contributed by atoms with van der Waals surface area (Å²) in [5.41, 5.74) is 3.75. The molecule has 0 spiro atoms. The first kappa shape index (κ1) is 22.4. The fourth-order valence-corrected chi connectivity index (χ4v) is 5.04. The van der Waals surface area contributed by atoms with Gasteiger partial charge in [0.05, 0.1) is 5.52 Å². The van der Waals surface area contributed by atoms with Gasteiger partial charge in [-0.25, -0.2) is 9.97 Å². The lowest BCUT2D eigenvalue weighted by molar-refractivity contribution is -0.118. The van der Waals surface area contributed by atoms with E-state index in [1.54, 1.807) is 10.9 Å². The summed E-state index contributed by atoms with van der Waals surface area (Å²) in [5, 5.41) is 14.5. The van der Waals surface area contributed by atoms with Crippen molar-refractivity contribution in [2.75, 3.05) is 36.4 Å². The number of anilines is 2. The molecule has 4 heterocycles. The Labute approximate surface area is 212 Å². The lowest BCUT2D eigenvalue weighted by Gasteiger charge is -2.28. The van der Waals surface area contributed by atoms with Crippen molar-refractivity contribution in [1.82, 2.24) is 25.1 Å². The van der Waals surface area contributed by atoms with Gasteiger partial charge in [-0.3, -0.25) is 14.8 Å². The normalized spacial score (nSPS) is 14.6. The van der Waals surface area contributed by atoms with Gasteiger partial charge in [-0.2, -0.15) is 5.10 Å². The van der Waals surface area contributed by atoms with E-state index in [4.69, 9.17) is 10.1 Å². The Hall–Kier alpha value is -4.08. The number of thiazole rings is 1. The second-order valence-electron chi connectivity index (χ2n) is 8.66. The highest BCUT2D eigenvalue weighted by Crippen LogP contribution is 2.28. The third-order valence-electron chi connectivity index (χ3n) is 6.34. The van der Waals surface area contributed by atoms with Crippen molar-refractivity contribution in [3.8, 4) is 11.1 Å². The fourth-order valence-electron chi connectivity index (χ4n) is 4.50. The van der Waals surface area contributed by atoms with Crippen molar-refractivity contribution in [2.45, 2.75) is 6.04 Å². The third-order valence-corrected chi connectivity index (χ3v) is 7.03. The molecule has 1 aliphatic rings. The van der Waals surface area contributed by atoms with Gasteiger partial charge in [0.15, 0.2) is 11.2 Å². The van der Waals surface area contributed by atoms with E-state index in [-0.39, 0.29) is 5.91 Å². The molecule has 2 aromatic carbocycles. The quantitative estimate of drug-likeness (QED) is 0.367. The predicted octanol–water partition coefficient (Wildman–Crippen LogP) is 4.19. The average Bonchev–Trinajstić information content (AvgIpc) is 3.59. The maximum atomic E-state index is 13.3. The molecule has 9 heteroatoms. The molecular weight excluding hydrogens is 470 g/mol. The average molecular weight is 496 g/mol. The molecule has 5 aromatic rings. The minimum absolute atomic E-state index is 0.183. The molecule has 36 heavy (non-hydrogen) atoms. The minimum Gasteiger partial charge on any atom is -0.354 e. The van der Waals surface area contributed by atoms with E-state index in [0.717, 1.165) is 59.6 Å². The number of piperazine rings is 1. The van der Waals surface area contributed by atoms with Crippen LogP contribution in [0.15, 0.2) is 84.6 Å². The molecule has 1 aliphatic heterocycles. The SMILES string of the molecule is O=C(Nc1nccs1)C(c1ccccc1)n1cc2ccc(-c3ccc(N4CCNCC4)nc3)cc2n1. The second kappa shape index (κ2) is 9.88. The molecule has 1 amide bonds. The van der Waals surface area contributed by atoms with Crippen LogP contribution in [0.2, 0.25) is 0 Å². The smallest absolute Gasteiger partial charge is 0.255 e. The number of carbonyl (C=O) groups excluding carboxylic acids is 1. The first-order chi connectivity index (χ1) is 17.7. The van der Waals surface area contributed by atoms with Gasteiger partial charge < -0.3 is 10.2 Å². The number of aromatic nitrogens is 4. The summed E-state index contributed by atoms with van der Waals surface area (Å²) in [6.45, 7) is 3.89. The zero-order chi connectivity index (χ0) is 24.3. The van der Waals surface area contributed by atoms with Crippen LogP contribution >= 0.6 is 11.3 Å². The monoisotopic (exact) mass is 495 g/mol. The van der Waals surface area contributed by atoms with Gasteiger partial charge in [0.2, 0.25) is 0 Å². The number of pyridine rings is 1. The van der Waals surface area contributed by atoms with Crippen molar-refractivity contribution in [3.63, 3.8) is 0 Å². The van der Waals surface area contributed by atoms with Gasteiger partial charge in [0.25, 0.3) is 5.91 Å². The van der Waals surface area contributed by atoms with Crippen LogP contribution in [0.5, 0.6) is 0 Å². The minimum atomic E-state index is -0.620. The summed E-state index contributed by atoms with van der Waals surface area (Å²) >= 11 is 1.39. The van der Waals surface area contributed by atoms with Crippen LogP contribution in [0.4, 0.5) is 10.9 Å². The molecule has 0 bridgehead atoms. The first-order valence-electron chi connectivity index (χ1n) is 11.9. The molecule has 8 nitrogen and oxygen atoms in total. The number of fused-ring (bicyclic) bond motifs is 1. The number of amides is 1. The molecule has 1 atom stereocenters. The van der Waals surface area contributed by atoms with Crippen LogP contribution in [-0.4, -0.2) is 51.8 Å². The van der Waals surface area contributed by atoms with E-state index in [0.29, 0.717) is 5.13 Å². The Morgan fingerprint density at radius 1 is 1.00 bits per heavy atom. The maximum Gasteiger partial charge on any atom is 0.255 e. The van der Waals surface area contributed by atoms with Crippen LogP contribution in [0.1, 0.15) is 11.6 Å². The lowest BCUT2D eigenvalue weighted by Crippen LogP contribution is -2.43. The summed E-state index contributed by atoms with van der Waals surface area (Å²) in [6, 6.07) is 19.4. The molecule has 1 fully saturated rings. The number of benzene rings is 2. The summed E-state index contributed by atoms with van der Waals surface area (Å²) in [7, 11) is 0. The summed E-state index contributed by atoms with van der Waals surface area (Å²) in [5.74, 6) is 0.819. The molecule has 0 saturated carbocycles. The molecular formula is C27H25N7OS. The number of hydrogen-bond acceptors (Lipinski definition) is 7. The molecule has 3 aromatic heterocycles. The Balaban J connectivity index is 1.30. The Morgan fingerprint density at radius 3 is 2.58 bits per heavy atom. The molecule has 1 unspecified atom stereocenters. The van der Waals surface area contributed by atoms with Crippen molar-refractivity contribution < 1.29 is 4.79 Å². The number of carbonyl (C=O) groups is 1. The van der Waals surface area contributed by atoms with Gasteiger partial charge in [-0.1, -0.05) is 42.5 Å². The zero-order valence-electron chi connectivity index (χ0n) is 19.5. The van der Waals surface area contributed by atoms with Gasteiger partial charge in [0, 0.05) is 61.1 Å². The fraction of sp³-hybridized carbons (Fsp3) is 0.185. The molecule has 0 radical (unpaired) electrons. The number of nitrogens with one attached hydrogen (secondary N) is 2. The van der Waals surface area contributed by atoms with E-state index in [1.165, 1.54) is 11.3 Å². The Bertz CT molecular complexity index is 1460. The van der Waals surface area contributed by atoms with Crippen LogP contribution in [0.25, 0.3) is 22.0 Å². The van der Waals surface area contributed by atoms with Gasteiger partial charge >= 0.3 is 0 Å². The lowest BCUT2D eigenvalue weighted by atomic mass is 10.1. The van der Waals surface area contributed by atoms with Crippen molar-refractivity contribution >= 4 is 39.1 Å². The summed E-state index contributed by atoms with van der Waals surface area (Å²) < 4.78 is 1.73. The van der Waals surface area contributed by atoms with Crippen molar-refractivity contribution in [2.24, 2.45) is 0 Å². The number of nitrogens with zero attached hydrogens (tertiary/aromatic N) is 5. The van der Waals surface area contributed by atoms with Crippen LogP contribution in [-0.2, 0) is 4.79 Å². The number of hydrogen-bond donors (Lipinski definition) is 2. The molecule has 1 saturated heterocycles. The van der Waals surface area contributed by atoms with E-state index >= 15 is 0 Å². The maximum absolute atomic E-state index is 13.3. The second-order valence-corrected chi connectivity index (χ2v) is 9.56. The van der Waals surface area contributed by atoms with E-state index in [9.17, 15) is 4.79 Å². The molecule has 2 N–H and O–H groups in total. The van der Waals surface area contributed by atoms with Crippen LogP contribution in [0, 0.1) is 0 Å². The highest BCUT2D eigenvalue weighted by molar-refractivity contribution is 7.13. The first-order valence-corrected chi connectivity index (χ1v) is 12.8. The largest absolute Gasteiger partial charge is 0.354 e. The van der Waals surface area contributed by atoms with Gasteiger partial charge in [-0.15, -0.1) is 11.3 Å². The van der Waals surface area contributed by atoms with Crippen molar-refractivity contribution in [3.05, 3.63) is 90.2 Å². The standard InChI is InChI=1S/C27H25N7OS/c35-26(31-27-29-12-15-36-27)25(19-4-2-1-3-5-19)34-18-22-7-6-20(16-23(22)32-34)21-8-9-24(30-17-21)33-13-10-28-11-14-33/h1-9,12,15-18,25,28H,10-11,13-14H2,(H,29,31,35). The summed E-state index contributed by atoms with van der Waals surface area (Å²) in [6.07, 6.45) is 5.51. The van der Waals surface area contributed by atoms with Gasteiger partial charge in [0.1, 0.15) is 5.82 Å². The molecule has 180 valence electrons. The zero-order valence-corrected chi connectivity index (χ0v) is 20.4.